The van der Waals surface area contributed by atoms with Crippen LogP contribution < -0.4 is 10.9 Å². The van der Waals surface area contributed by atoms with Crippen molar-refractivity contribution in [3.05, 3.63) is 73.5 Å². The number of hydrogen-bond donors (Lipinski definition) is 1. The number of benzene rings is 2. The molecule has 1 heterocycles. The van der Waals surface area contributed by atoms with Crippen LogP contribution in [0.25, 0.3) is 11.0 Å². The van der Waals surface area contributed by atoms with E-state index in [4.69, 9.17) is 39.2 Å². The van der Waals surface area contributed by atoms with Gasteiger partial charge >= 0.3 is 5.63 Å². The van der Waals surface area contributed by atoms with Gasteiger partial charge in [0.1, 0.15) is 5.56 Å². The van der Waals surface area contributed by atoms with E-state index in [0.717, 1.165) is 0 Å². The first-order valence-electron chi connectivity index (χ1n) is 6.44. The predicted molar refractivity (Wildman–Crippen MR) is 91.9 cm³/mol. The maximum absolute atomic E-state index is 12.3. The van der Waals surface area contributed by atoms with Crippen LogP contribution in [0.3, 0.4) is 0 Å². The molecule has 0 aliphatic carbocycles. The Bertz CT molecular complexity index is 962. The number of para-hydroxylation sites is 1. The maximum atomic E-state index is 12.3. The minimum atomic E-state index is -0.781. The Morgan fingerprint density at radius 1 is 1.00 bits per heavy atom. The lowest BCUT2D eigenvalue weighted by Crippen LogP contribution is -2.20. The molecule has 23 heavy (non-hydrogen) atoms. The van der Waals surface area contributed by atoms with Crippen LogP contribution in [0.5, 0.6) is 0 Å². The van der Waals surface area contributed by atoms with Crippen LogP contribution in [0.2, 0.25) is 15.1 Å². The number of hydrogen-bond acceptors (Lipinski definition) is 3. The number of anilines is 1. The first-order chi connectivity index (χ1) is 10.9. The quantitative estimate of drug-likeness (QED) is 0.647. The van der Waals surface area contributed by atoms with Crippen molar-refractivity contribution in [2.24, 2.45) is 0 Å². The van der Waals surface area contributed by atoms with Crippen molar-refractivity contribution in [2.45, 2.75) is 0 Å². The SMILES string of the molecule is O=C(Nc1cc(Cl)cc(Cl)c1)c1cc2cccc(Cl)c2oc1=O. The first kappa shape index (κ1) is 15.9. The van der Waals surface area contributed by atoms with E-state index in [2.05, 4.69) is 5.32 Å². The van der Waals surface area contributed by atoms with Crippen molar-refractivity contribution in [3.63, 3.8) is 0 Å². The van der Waals surface area contributed by atoms with Gasteiger partial charge in [0.2, 0.25) is 0 Å². The molecule has 1 aromatic heterocycles. The van der Waals surface area contributed by atoms with Gasteiger partial charge in [0.15, 0.2) is 5.58 Å². The van der Waals surface area contributed by atoms with Gasteiger partial charge in [-0.05, 0) is 30.3 Å². The zero-order chi connectivity index (χ0) is 16.6. The second-order valence-electron chi connectivity index (χ2n) is 4.72. The second kappa shape index (κ2) is 6.24. The fraction of sp³-hybridized carbons (Fsp3) is 0. The molecule has 0 bridgehead atoms. The summed E-state index contributed by atoms with van der Waals surface area (Å²) in [5.74, 6) is -0.626. The summed E-state index contributed by atoms with van der Waals surface area (Å²) >= 11 is 17.7. The highest BCUT2D eigenvalue weighted by Crippen LogP contribution is 2.24. The molecule has 0 spiro atoms. The monoisotopic (exact) mass is 367 g/mol. The fourth-order valence-corrected chi connectivity index (χ4v) is 2.84. The molecule has 0 radical (unpaired) electrons. The highest BCUT2D eigenvalue weighted by Gasteiger charge is 2.15. The van der Waals surface area contributed by atoms with E-state index in [1.165, 1.54) is 24.3 Å². The van der Waals surface area contributed by atoms with Gasteiger partial charge in [-0.2, -0.15) is 0 Å². The Labute approximate surface area is 145 Å². The lowest BCUT2D eigenvalue weighted by Gasteiger charge is -2.06. The molecule has 0 saturated heterocycles. The highest BCUT2D eigenvalue weighted by atomic mass is 35.5. The number of fused-ring (bicyclic) bond motifs is 1. The van der Waals surface area contributed by atoms with Gasteiger partial charge in [-0.1, -0.05) is 46.9 Å². The standard InChI is InChI=1S/C16H8Cl3NO3/c17-9-5-10(18)7-11(6-9)20-15(21)12-4-8-2-1-3-13(19)14(8)23-16(12)22/h1-7H,(H,20,21). The van der Waals surface area contributed by atoms with E-state index in [1.807, 2.05) is 0 Å². The molecule has 0 atom stereocenters. The third-order valence-electron chi connectivity index (χ3n) is 3.08. The molecule has 3 rings (SSSR count). The van der Waals surface area contributed by atoms with Crippen molar-refractivity contribution in [3.8, 4) is 0 Å². The van der Waals surface area contributed by atoms with Crippen LogP contribution in [0.15, 0.2) is 51.7 Å². The highest BCUT2D eigenvalue weighted by molar-refractivity contribution is 6.35. The Morgan fingerprint density at radius 3 is 2.39 bits per heavy atom. The topological polar surface area (TPSA) is 59.3 Å². The van der Waals surface area contributed by atoms with Crippen molar-refractivity contribution in [1.29, 1.82) is 0 Å². The number of halogens is 3. The smallest absolute Gasteiger partial charge is 0.349 e. The molecule has 0 aliphatic heterocycles. The number of rotatable bonds is 2. The number of carbonyl (C=O) groups excluding carboxylic acids is 1. The summed E-state index contributed by atoms with van der Waals surface area (Å²) in [4.78, 5) is 24.3. The van der Waals surface area contributed by atoms with E-state index in [1.54, 1.807) is 18.2 Å². The summed E-state index contributed by atoms with van der Waals surface area (Å²) in [5, 5.41) is 4.14. The molecule has 4 nitrogen and oxygen atoms in total. The zero-order valence-corrected chi connectivity index (χ0v) is 13.7. The molecular weight excluding hydrogens is 361 g/mol. The van der Waals surface area contributed by atoms with Gasteiger partial charge in [0.25, 0.3) is 5.91 Å². The van der Waals surface area contributed by atoms with Crippen molar-refractivity contribution < 1.29 is 9.21 Å². The van der Waals surface area contributed by atoms with Crippen molar-refractivity contribution in [1.82, 2.24) is 0 Å². The molecule has 0 fully saturated rings. The molecule has 2 aromatic carbocycles. The molecule has 0 unspecified atom stereocenters. The van der Waals surface area contributed by atoms with Crippen molar-refractivity contribution >= 4 is 57.4 Å². The normalized spacial score (nSPS) is 10.7. The van der Waals surface area contributed by atoms with E-state index < -0.39 is 11.5 Å². The zero-order valence-electron chi connectivity index (χ0n) is 11.4. The minimum Gasteiger partial charge on any atom is -0.421 e. The van der Waals surface area contributed by atoms with Crippen molar-refractivity contribution in [2.75, 3.05) is 5.32 Å². The molecular formula is C16H8Cl3NO3. The molecule has 1 N–H and O–H groups in total. The number of carbonyl (C=O) groups is 1. The third kappa shape index (κ3) is 3.34. The van der Waals surface area contributed by atoms with Crippen LogP contribution in [0.4, 0.5) is 5.69 Å². The summed E-state index contributed by atoms with van der Waals surface area (Å²) < 4.78 is 5.13. The van der Waals surface area contributed by atoms with Crippen LogP contribution in [0.1, 0.15) is 10.4 Å². The second-order valence-corrected chi connectivity index (χ2v) is 6.00. The van der Waals surface area contributed by atoms with Gasteiger partial charge in [0, 0.05) is 21.1 Å². The molecule has 7 heteroatoms. The number of nitrogens with one attached hydrogen (secondary N) is 1. The molecule has 116 valence electrons. The Balaban J connectivity index is 2.01. The predicted octanol–water partition coefficient (Wildman–Crippen LogP) is 5.01. The lowest BCUT2D eigenvalue weighted by atomic mass is 10.1. The maximum Gasteiger partial charge on any atom is 0.349 e. The van der Waals surface area contributed by atoms with E-state index >= 15 is 0 Å². The van der Waals surface area contributed by atoms with Crippen LogP contribution in [-0.4, -0.2) is 5.91 Å². The minimum absolute atomic E-state index is 0.143. The van der Waals surface area contributed by atoms with Gasteiger partial charge in [-0.3, -0.25) is 4.79 Å². The molecule has 0 aliphatic rings. The van der Waals surface area contributed by atoms with E-state index in [9.17, 15) is 9.59 Å². The van der Waals surface area contributed by atoms with Gasteiger partial charge in [0.05, 0.1) is 5.02 Å². The van der Waals surface area contributed by atoms with E-state index in [0.29, 0.717) is 26.1 Å². The van der Waals surface area contributed by atoms with E-state index in [-0.39, 0.29) is 11.1 Å². The summed E-state index contributed by atoms with van der Waals surface area (Å²) in [6.07, 6.45) is 0. The van der Waals surface area contributed by atoms with Crippen LogP contribution in [-0.2, 0) is 0 Å². The Morgan fingerprint density at radius 2 is 1.70 bits per heavy atom. The largest absolute Gasteiger partial charge is 0.421 e. The van der Waals surface area contributed by atoms with Crippen LogP contribution >= 0.6 is 34.8 Å². The summed E-state index contributed by atoms with van der Waals surface area (Å²) in [6, 6.07) is 11.0. The lowest BCUT2D eigenvalue weighted by molar-refractivity contribution is 0.102. The summed E-state index contributed by atoms with van der Waals surface area (Å²) in [5.41, 5.74) is -0.313. The first-order valence-corrected chi connectivity index (χ1v) is 7.57. The van der Waals surface area contributed by atoms with Gasteiger partial charge in [-0.15, -0.1) is 0 Å². The fourth-order valence-electron chi connectivity index (χ4n) is 2.09. The summed E-state index contributed by atoms with van der Waals surface area (Å²) in [7, 11) is 0. The van der Waals surface area contributed by atoms with Crippen LogP contribution in [0, 0.1) is 0 Å². The average molecular weight is 369 g/mol. The Kier molecular flexibility index (Phi) is 4.31. The Hall–Kier alpha value is -2.01. The molecule has 0 saturated carbocycles. The van der Waals surface area contributed by atoms with Gasteiger partial charge < -0.3 is 9.73 Å². The summed E-state index contributed by atoms with van der Waals surface area (Å²) in [6.45, 7) is 0. The third-order valence-corrected chi connectivity index (χ3v) is 3.81. The molecule has 3 aromatic rings. The molecule has 1 amide bonds. The number of amides is 1. The average Bonchev–Trinajstić information content (AvgIpc) is 2.46. The van der Waals surface area contributed by atoms with Gasteiger partial charge in [-0.25, -0.2) is 4.79 Å².